The van der Waals surface area contributed by atoms with Gasteiger partial charge < -0.3 is 5.43 Å². The van der Waals surface area contributed by atoms with E-state index in [-0.39, 0.29) is 16.8 Å². The van der Waals surface area contributed by atoms with Gasteiger partial charge >= 0.3 is 0 Å². The second-order valence-electron chi connectivity index (χ2n) is 4.46. The maximum absolute atomic E-state index is 12.6. The van der Waals surface area contributed by atoms with Crippen molar-refractivity contribution in [2.24, 2.45) is 5.84 Å². The molecule has 3 N–H and O–H groups in total. The first-order valence-corrected chi connectivity index (χ1v) is 7.45. The van der Waals surface area contributed by atoms with Crippen molar-refractivity contribution >= 4 is 15.8 Å². The molecule has 0 saturated carbocycles. The average molecular weight is 270 g/mol. The number of sulfonamides is 1. The fourth-order valence-electron chi connectivity index (χ4n) is 2.26. The number of hydrogen-bond acceptors (Lipinski definition) is 5. The van der Waals surface area contributed by atoms with Gasteiger partial charge in [0.2, 0.25) is 10.0 Å². The highest BCUT2D eigenvalue weighted by molar-refractivity contribution is 7.89. The van der Waals surface area contributed by atoms with E-state index in [0.29, 0.717) is 6.54 Å². The molecule has 1 aliphatic rings. The van der Waals surface area contributed by atoms with Crippen molar-refractivity contribution in [3.63, 3.8) is 0 Å². The smallest absolute Gasteiger partial charge is 0.247 e. The van der Waals surface area contributed by atoms with Crippen LogP contribution in [-0.4, -0.2) is 30.3 Å². The molecule has 1 saturated heterocycles. The molecule has 1 aromatic heterocycles. The zero-order chi connectivity index (χ0) is 13.2. The summed E-state index contributed by atoms with van der Waals surface area (Å²) in [6.07, 6.45) is 4.37. The minimum Gasteiger partial charge on any atom is -0.307 e. The van der Waals surface area contributed by atoms with E-state index in [4.69, 9.17) is 5.84 Å². The van der Waals surface area contributed by atoms with E-state index in [1.807, 2.05) is 6.92 Å². The maximum atomic E-state index is 12.6. The van der Waals surface area contributed by atoms with Crippen LogP contribution >= 0.6 is 0 Å². The van der Waals surface area contributed by atoms with Crippen LogP contribution in [0.3, 0.4) is 0 Å². The van der Waals surface area contributed by atoms with Gasteiger partial charge in [0.25, 0.3) is 0 Å². The fourth-order valence-corrected chi connectivity index (χ4v) is 4.07. The van der Waals surface area contributed by atoms with E-state index in [0.717, 1.165) is 19.3 Å². The Hall–Kier alpha value is -1.18. The summed E-state index contributed by atoms with van der Waals surface area (Å²) in [6, 6.07) is 3.15. The Morgan fingerprint density at radius 3 is 2.94 bits per heavy atom. The Morgan fingerprint density at radius 1 is 1.50 bits per heavy atom. The lowest BCUT2D eigenvalue weighted by Crippen LogP contribution is -2.42. The predicted octanol–water partition coefficient (Wildman–Crippen LogP) is 0.930. The second-order valence-corrected chi connectivity index (χ2v) is 6.31. The van der Waals surface area contributed by atoms with Gasteiger partial charge in [-0.25, -0.2) is 19.2 Å². The van der Waals surface area contributed by atoms with Gasteiger partial charge in [-0.15, -0.1) is 0 Å². The number of aromatic nitrogens is 1. The van der Waals surface area contributed by atoms with E-state index < -0.39 is 10.0 Å². The monoisotopic (exact) mass is 270 g/mol. The predicted molar refractivity (Wildman–Crippen MR) is 69.3 cm³/mol. The van der Waals surface area contributed by atoms with Crippen molar-refractivity contribution < 1.29 is 8.42 Å². The molecule has 1 fully saturated rings. The average Bonchev–Trinajstić information content (AvgIpc) is 2.39. The van der Waals surface area contributed by atoms with Gasteiger partial charge in [0.05, 0.1) is 0 Å². The Bertz CT molecular complexity index is 518. The fraction of sp³-hybridized carbons (Fsp3) is 0.545. The second kappa shape index (κ2) is 5.21. The number of nitrogen functional groups attached to an aromatic ring is 1. The largest absolute Gasteiger partial charge is 0.307 e. The SMILES string of the molecule is CC1CCCCN1S(=O)(=O)c1cccnc1NN. The summed E-state index contributed by atoms with van der Waals surface area (Å²) in [5.41, 5.74) is 2.34. The zero-order valence-corrected chi connectivity index (χ0v) is 11.2. The number of nitrogens with one attached hydrogen (secondary N) is 1. The Balaban J connectivity index is 2.41. The molecule has 1 atom stereocenters. The van der Waals surface area contributed by atoms with Crippen LogP contribution in [0.15, 0.2) is 23.2 Å². The molecule has 1 aliphatic heterocycles. The highest BCUT2D eigenvalue weighted by Crippen LogP contribution is 2.27. The van der Waals surface area contributed by atoms with Crippen LogP contribution < -0.4 is 11.3 Å². The molecule has 2 heterocycles. The summed E-state index contributed by atoms with van der Waals surface area (Å²) in [7, 11) is -3.53. The van der Waals surface area contributed by atoms with Crippen molar-refractivity contribution in [2.45, 2.75) is 37.1 Å². The highest BCUT2D eigenvalue weighted by Gasteiger charge is 2.32. The molecule has 0 bridgehead atoms. The number of pyridine rings is 1. The van der Waals surface area contributed by atoms with Gasteiger partial charge in [0.15, 0.2) is 5.82 Å². The number of rotatable bonds is 3. The summed E-state index contributed by atoms with van der Waals surface area (Å²) < 4.78 is 26.7. The van der Waals surface area contributed by atoms with Gasteiger partial charge in [0, 0.05) is 18.8 Å². The lowest BCUT2D eigenvalue weighted by atomic mass is 10.1. The van der Waals surface area contributed by atoms with Crippen LogP contribution in [0, 0.1) is 0 Å². The number of piperidine rings is 1. The number of nitrogens with zero attached hydrogens (tertiary/aromatic N) is 2. The molecular weight excluding hydrogens is 252 g/mol. The van der Waals surface area contributed by atoms with Crippen LogP contribution in [0.2, 0.25) is 0 Å². The summed E-state index contributed by atoms with van der Waals surface area (Å²) in [4.78, 5) is 4.08. The van der Waals surface area contributed by atoms with Gasteiger partial charge in [-0.05, 0) is 31.9 Å². The van der Waals surface area contributed by atoms with Crippen molar-refractivity contribution in [2.75, 3.05) is 12.0 Å². The highest BCUT2D eigenvalue weighted by atomic mass is 32.2. The first-order chi connectivity index (χ1) is 8.57. The quantitative estimate of drug-likeness (QED) is 0.630. The lowest BCUT2D eigenvalue weighted by Gasteiger charge is -2.32. The molecule has 0 aliphatic carbocycles. The van der Waals surface area contributed by atoms with Crippen LogP contribution in [0.5, 0.6) is 0 Å². The van der Waals surface area contributed by atoms with Crippen molar-refractivity contribution in [3.8, 4) is 0 Å². The van der Waals surface area contributed by atoms with Crippen molar-refractivity contribution in [3.05, 3.63) is 18.3 Å². The maximum Gasteiger partial charge on any atom is 0.247 e. The van der Waals surface area contributed by atoms with E-state index in [9.17, 15) is 8.42 Å². The number of hydrogen-bond donors (Lipinski definition) is 2. The first kappa shape index (κ1) is 13.3. The number of hydrazine groups is 1. The summed E-state index contributed by atoms with van der Waals surface area (Å²) in [5.74, 6) is 5.51. The molecule has 7 heteroatoms. The molecule has 100 valence electrons. The number of nitrogens with two attached hydrogens (primary N) is 1. The Morgan fingerprint density at radius 2 is 2.28 bits per heavy atom. The molecular formula is C11H18N4O2S. The van der Waals surface area contributed by atoms with Crippen molar-refractivity contribution in [1.29, 1.82) is 0 Å². The standard InChI is InChI=1S/C11H18N4O2S/c1-9-5-2-3-8-15(9)18(16,17)10-6-4-7-13-11(10)14-12/h4,6-7,9H,2-3,5,8,12H2,1H3,(H,13,14). The molecule has 2 rings (SSSR count). The molecule has 0 spiro atoms. The van der Waals surface area contributed by atoms with Gasteiger partial charge in [0.1, 0.15) is 4.90 Å². The Kier molecular flexibility index (Phi) is 3.84. The third-order valence-corrected chi connectivity index (χ3v) is 5.28. The van der Waals surface area contributed by atoms with Crippen LogP contribution in [0.4, 0.5) is 5.82 Å². The van der Waals surface area contributed by atoms with E-state index >= 15 is 0 Å². The lowest BCUT2D eigenvalue weighted by molar-refractivity contribution is 0.268. The normalized spacial score (nSPS) is 21.8. The summed E-state index contributed by atoms with van der Waals surface area (Å²) >= 11 is 0. The molecule has 0 aromatic carbocycles. The molecule has 18 heavy (non-hydrogen) atoms. The van der Waals surface area contributed by atoms with E-state index in [1.165, 1.54) is 16.6 Å². The van der Waals surface area contributed by atoms with E-state index in [2.05, 4.69) is 10.4 Å². The third-order valence-electron chi connectivity index (χ3n) is 3.24. The molecule has 6 nitrogen and oxygen atoms in total. The van der Waals surface area contributed by atoms with Crippen LogP contribution in [0.1, 0.15) is 26.2 Å². The summed E-state index contributed by atoms with van der Waals surface area (Å²) in [5, 5.41) is 0. The van der Waals surface area contributed by atoms with Gasteiger partial charge in [-0.3, -0.25) is 0 Å². The van der Waals surface area contributed by atoms with E-state index in [1.54, 1.807) is 6.07 Å². The summed E-state index contributed by atoms with van der Waals surface area (Å²) in [6.45, 7) is 2.49. The molecule has 0 amide bonds. The zero-order valence-electron chi connectivity index (χ0n) is 10.3. The first-order valence-electron chi connectivity index (χ1n) is 6.01. The topological polar surface area (TPSA) is 88.3 Å². The van der Waals surface area contributed by atoms with Gasteiger partial charge in [-0.1, -0.05) is 6.42 Å². The van der Waals surface area contributed by atoms with Crippen LogP contribution in [-0.2, 0) is 10.0 Å². The third kappa shape index (κ3) is 2.33. The number of anilines is 1. The van der Waals surface area contributed by atoms with Gasteiger partial charge in [-0.2, -0.15) is 4.31 Å². The minimum absolute atomic E-state index is 0.0228. The molecule has 0 radical (unpaired) electrons. The van der Waals surface area contributed by atoms with Crippen LogP contribution in [0.25, 0.3) is 0 Å². The minimum atomic E-state index is -3.53. The Labute approximate surface area is 107 Å². The molecule has 1 aromatic rings. The van der Waals surface area contributed by atoms with Crippen molar-refractivity contribution in [1.82, 2.24) is 9.29 Å². The molecule has 1 unspecified atom stereocenters.